The molecule has 0 saturated carbocycles. The first-order valence-electron chi connectivity index (χ1n) is 9.09. The number of carbonyl (C=O) groups excluding carboxylic acids is 1. The van der Waals surface area contributed by atoms with E-state index in [2.05, 4.69) is 18.8 Å². The third-order valence-electron chi connectivity index (χ3n) is 4.52. The van der Waals surface area contributed by atoms with Gasteiger partial charge in [-0.1, -0.05) is 25.4 Å². The Morgan fingerprint density at radius 3 is 2.71 bits per heavy atom. The van der Waals surface area contributed by atoms with Gasteiger partial charge in [-0.05, 0) is 31.0 Å². The Balaban J connectivity index is 2.21. The molecule has 0 bridgehead atoms. The molecule has 0 aliphatic carbocycles. The molecule has 154 valence electrons. The second-order valence-corrected chi connectivity index (χ2v) is 8.25. The highest BCUT2D eigenvalue weighted by Crippen LogP contribution is 2.27. The molecule has 1 heterocycles. The van der Waals surface area contributed by atoms with Crippen LogP contribution in [-0.2, 0) is 29.3 Å². The summed E-state index contributed by atoms with van der Waals surface area (Å²) in [5.74, 6) is 0.857. The van der Waals surface area contributed by atoms with Crippen LogP contribution < -0.4 is 4.74 Å². The number of methoxy groups -OCH3 is 1. The monoisotopic (exact) mass is 426 g/mol. The Morgan fingerprint density at radius 1 is 1.36 bits per heavy atom. The number of aromatic nitrogens is 1. The number of halogens is 1. The third kappa shape index (κ3) is 6.17. The molecule has 0 radical (unpaired) electrons. The summed E-state index contributed by atoms with van der Waals surface area (Å²) < 4.78 is 11.0. The molecule has 2 rings (SSSR count). The highest BCUT2D eigenvalue weighted by Gasteiger charge is 2.24. The van der Waals surface area contributed by atoms with Crippen molar-refractivity contribution < 1.29 is 19.4 Å². The first kappa shape index (κ1) is 22.6. The number of nitrogens with zero attached hydrogens (tertiary/aromatic N) is 2. The summed E-state index contributed by atoms with van der Waals surface area (Å²) in [6.07, 6.45) is 0. The zero-order chi connectivity index (χ0) is 20.7. The fourth-order valence-corrected chi connectivity index (χ4v) is 3.54. The van der Waals surface area contributed by atoms with Crippen molar-refractivity contribution in [1.82, 2.24) is 9.88 Å². The minimum atomic E-state index is -0.0909. The van der Waals surface area contributed by atoms with Gasteiger partial charge >= 0.3 is 0 Å². The van der Waals surface area contributed by atoms with Crippen molar-refractivity contribution in [1.29, 1.82) is 0 Å². The lowest BCUT2D eigenvalue weighted by Crippen LogP contribution is -2.42. The van der Waals surface area contributed by atoms with Crippen molar-refractivity contribution in [3.63, 3.8) is 0 Å². The summed E-state index contributed by atoms with van der Waals surface area (Å²) in [6, 6.07) is 5.41. The van der Waals surface area contributed by atoms with Crippen molar-refractivity contribution in [2.45, 2.75) is 46.6 Å². The van der Waals surface area contributed by atoms with E-state index in [1.165, 1.54) is 18.4 Å². The molecule has 0 spiro atoms. The van der Waals surface area contributed by atoms with Crippen LogP contribution in [0.2, 0.25) is 5.02 Å². The molecule has 1 unspecified atom stereocenters. The minimum Gasteiger partial charge on any atom is -0.486 e. The molecule has 1 N–H and O–H groups in total. The first-order valence-corrected chi connectivity index (χ1v) is 10.3. The van der Waals surface area contributed by atoms with Crippen molar-refractivity contribution in [2.24, 2.45) is 5.92 Å². The number of rotatable bonds is 10. The molecule has 1 aromatic heterocycles. The lowest BCUT2D eigenvalue weighted by molar-refractivity contribution is -0.138. The van der Waals surface area contributed by atoms with E-state index in [1.807, 2.05) is 13.0 Å². The number of hydrogen-bond donors (Lipinski definition) is 1. The first-order chi connectivity index (χ1) is 13.3. The summed E-state index contributed by atoms with van der Waals surface area (Å²) in [7, 11) is 1.51. The maximum absolute atomic E-state index is 12.6. The van der Waals surface area contributed by atoms with Gasteiger partial charge in [0.05, 0.1) is 12.3 Å². The lowest BCUT2D eigenvalue weighted by Gasteiger charge is -2.32. The Kier molecular flexibility index (Phi) is 8.69. The van der Waals surface area contributed by atoms with Crippen LogP contribution in [0.4, 0.5) is 0 Å². The van der Waals surface area contributed by atoms with E-state index in [9.17, 15) is 4.79 Å². The normalized spacial score (nSPS) is 12.2. The number of amides is 1. The Hall–Kier alpha value is -1.67. The van der Waals surface area contributed by atoms with Gasteiger partial charge < -0.3 is 19.5 Å². The van der Waals surface area contributed by atoms with Gasteiger partial charge in [0.2, 0.25) is 5.91 Å². The summed E-state index contributed by atoms with van der Waals surface area (Å²) >= 11 is 7.63. The number of aliphatic hydroxyl groups is 1. The molecule has 0 aliphatic heterocycles. The van der Waals surface area contributed by atoms with Crippen LogP contribution in [-0.4, -0.2) is 40.7 Å². The van der Waals surface area contributed by atoms with Gasteiger partial charge in [-0.15, -0.1) is 11.3 Å². The molecule has 6 nitrogen and oxygen atoms in total. The zero-order valence-electron chi connectivity index (χ0n) is 16.6. The van der Waals surface area contributed by atoms with E-state index < -0.39 is 0 Å². The number of aliphatic hydroxyl groups excluding tert-OH is 1. The van der Waals surface area contributed by atoms with E-state index >= 15 is 0 Å². The summed E-state index contributed by atoms with van der Waals surface area (Å²) in [4.78, 5) is 18.7. The largest absolute Gasteiger partial charge is 0.486 e. The number of ether oxygens (including phenoxy) is 2. The number of hydrogen-bond acceptors (Lipinski definition) is 6. The number of carbonyl (C=O) groups is 1. The van der Waals surface area contributed by atoms with Gasteiger partial charge in [-0.25, -0.2) is 4.98 Å². The molecular weight excluding hydrogens is 400 g/mol. The van der Waals surface area contributed by atoms with Crippen molar-refractivity contribution in [3.05, 3.63) is 44.9 Å². The molecule has 1 amide bonds. The van der Waals surface area contributed by atoms with Gasteiger partial charge in [-0.3, -0.25) is 4.79 Å². The molecule has 2 aromatic rings. The fraction of sp³-hybridized carbons (Fsp3) is 0.500. The molecule has 1 atom stereocenters. The van der Waals surface area contributed by atoms with Crippen LogP contribution in [0, 0.1) is 5.92 Å². The predicted octanol–water partition coefficient (Wildman–Crippen LogP) is 3.89. The Morgan fingerprint density at radius 2 is 2.11 bits per heavy atom. The quantitative estimate of drug-likeness (QED) is 0.624. The number of thiazole rings is 1. The molecule has 1 aromatic carbocycles. The average molecular weight is 427 g/mol. The summed E-state index contributed by atoms with van der Waals surface area (Å²) in [5.41, 5.74) is 1.45. The molecule has 0 aliphatic rings. The molecule has 28 heavy (non-hydrogen) atoms. The van der Waals surface area contributed by atoms with E-state index in [1.54, 1.807) is 22.4 Å². The maximum Gasteiger partial charge on any atom is 0.249 e. The SMILES string of the molecule is COCC(=O)N(Cc1cc(Cl)ccc1OCc1nc(CO)cs1)C(C)C(C)C. The van der Waals surface area contributed by atoms with E-state index in [0.29, 0.717) is 23.0 Å². The van der Waals surface area contributed by atoms with Crippen LogP contribution >= 0.6 is 22.9 Å². The standard InChI is InChI=1S/C20H27ClN2O4S/c1-13(2)14(3)23(20(25)11-26-4)8-15-7-16(21)5-6-18(15)27-10-19-22-17(9-24)12-28-19/h5-7,12-14,24H,8-11H2,1-4H3. The van der Waals surface area contributed by atoms with Crippen LogP contribution in [0.3, 0.4) is 0 Å². The Labute approximate surface area is 175 Å². The van der Waals surface area contributed by atoms with E-state index in [4.69, 9.17) is 26.2 Å². The Bertz CT molecular complexity index is 781. The third-order valence-corrected chi connectivity index (χ3v) is 5.63. The van der Waals surface area contributed by atoms with Crippen LogP contribution in [0.5, 0.6) is 5.75 Å². The topological polar surface area (TPSA) is 71.9 Å². The van der Waals surface area contributed by atoms with Crippen molar-refractivity contribution >= 4 is 28.8 Å². The van der Waals surface area contributed by atoms with Gasteiger partial charge in [0.25, 0.3) is 0 Å². The zero-order valence-corrected chi connectivity index (χ0v) is 18.2. The fourth-order valence-electron chi connectivity index (χ4n) is 2.65. The molecule has 0 saturated heterocycles. The lowest BCUT2D eigenvalue weighted by atomic mass is 10.0. The van der Waals surface area contributed by atoms with Gasteiger partial charge in [0.15, 0.2) is 0 Å². The summed E-state index contributed by atoms with van der Waals surface area (Å²) in [5, 5.41) is 12.3. The summed E-state index contributed by atoms with van der Waals surface area (Å²) in [6.45, 7) is 6.77. The van der Waals surface area contributed by atoms with Crippen molar-refractivity contribution in [3.8, 4) is 5.75 Å². The average Bonchev–Trinajstić information content (AvgIpc) is 3.13. The number of benzene rings is 1. The second-order valence-electron chi connectivity index (χ2n) is 6.87. The molecule has 0 fully saturated rings. The smallest absolute Gasteiger partial charge is 0.249 e. The minimum absolute atomic E-state index is 0.0247. The van der Waals surface area contributed by atoms with Gasteiger partial charge in [0.1, 0.15) is 24.0 Å². The molecule has 8 heteroatoms. The van der Waals surface area contributed by atoms with Crippen LogP contribution in [0.1, 0.15) is 37.0 Å². The van der Waals surface area contributed by atoms with Crippen LogP contribution in [0.15, 0.2) is 23.6 Å². The van der Waals surface area contributed by atoms with Crippen molar-refractivity contribution in [2.75, 3.05) is 13.7 Å². The molecular formula is C20H27ClN2O4S. The van der Waals surface area contributed by atoms with Crippen LogP contribution in [0.25, 0.3) is 0 Å². The van der Waals surface area contributed by atoms with E-state index in [-0.39, 0.29) is 37.7 Å². The van der Waals surface area contributed by atoms with Gasteiger partial charge in [-0.2, -0.15) is 0 Å². The highest BCUT2D eigenvalue weighted by molar-refractivity contribution is 7.09. The predicted molar refractivity (Wildman–Crippen MR) is 111 cm³/mol. The highest BCUT2D eigenvalue weighted by atomic mass is 35.5. The second kappa shape index (κ2) is 10.8. The maximum atomic E-state index is 12.6. The van der Waals surface area contributed by atoms with Gasteiger partial charge in [0, 0.05) is 35.7 Å². The van der Waals surface area contributed by atoms with E-state index in [0.717, 1.165) is 10.6 Å².